The molecule has 0 saturated heterocycles. The minimum absolute atomic E-state index is 0.252. The van der Waals surface area contributed by atoms with Gasteiger partial charge in [-0.25, -0.2) is 4.98 Å². The van der Waals surface area contributed by atoms with Crippen LogP contribution in [0.15, 0.2) is 12.1 Å². The Morgan fingerprint density at radius 1 is 1.54 bits per heavy atom. The van der Waals surface area contributed by atoms with Crippen molar-refractivity contribution < 1.29 is 4.74 Å². The minimum atomic E-state index is 0.252. The summed E-state index contributed by atoms with van der Waals surface area (Å²) >= 11 is 0. The third-order valence-electron chi connectivity index (χ3n) is 2.20. The standard InChI is InChI=1S/C10H14N2O/c1-7-4-5-9-10(11-7)12(3)6-8(2)13-9/h4-5,8H,6H2,1-3H3. The predicted molar refractivity (Wildman–Crippen MR) is 52.3 cm³/mol. The van der Waals surface area contributed by atoms with Gasteiger partial charge in [0.25, 0.3) is 0 Å². The van der Waals surface area contributed by atoms with Gasteiger partial charge >= 0.3 is 0 Å². The molecule has 3 heteroatoms. The van der Waals surface area contributed by atoms with Gasteiger partial charge in [0.2, 0.25) is 0 Å². The fourth-order valence-corrected chi connectivity index (χ4v) is 1.62. The average molecular weight is 178 g/mol. The predicted octanol–water partition coefficient (Wildman–Crippen LogP) is 1.61. The van der Waals surface area contributed by atoms with Crippen LogP contribution in [0.25, 0.3) is 0 Å². The van der Waals surface area contributed by atoms with Crippen LogP contribution in [0.2, 0.25) is 0 Å². The largest absolute Gasteiger partial charge is 0.485 e. The lowest BCUT2D eigenvalue weighted by Gasteiger charge is -2.31. The zero-order valence-corrected chi connectivity index (χ0v) is 8.24. The summed E-state index contributed by atoms with van der Waals surface area (Å²) in [4.78, 5) is 6.57. The number of likely N-dealkylation sites (N-methyl/N-ethyl adjacent to an activating group) is 1. The van der Waals surface area contributed by atoms with E-state index in [1.165, 1.54) is 0 Å². The summed E-state index contributed by atoms with van der Waals surface area (Å²) in [6.45, 7) is 4.97. The Kier molecular flexibility index (Phi) is 1.87. The van der Waals surface area contributed by atoms with Crippen molar-refractivity contribution in [1.82, 2.24) is 4.98 Å². The number of nitrogens with zero attached hydrogens (tertiary/aromatic N) is 2. The zero-order valence-electron chi connectivity index (χ0n) is 8.24. The molecule has 1 aliphatic rings. The van der Waals surface area contributed by atoms with E-state index in [0.29, 0.717) is 0 Å². The SMILES string of the molecule is Cc1ccc2c(n1)N(C)CC(C)O2. The number of ether oxygens (including phenoxy) is 1. The van der Waals surface area contributed by atoms with E-state index in [0.717, 1.165) is 23.8 Å². The van der Waals surface area contributed by atoms with Crippen molar-refractivity contribution in [2.75, 3.05) is 18.5 Å². The lowest BCUT2D eigenvalue weighted by atomic mass is 10.2. The monoisotopic (exact) mass is 178 g/mol. The van der Waals surface area contributed by atoms with Crippen LogP contribution in [0.5, 0.6) is 5.75 Å². The Morgan fingerprint density at radius 2 is 2.31 bits per heavy atom. The van der Waals surface area contributed by atoms with Gasteiger partial charge in [0.15, 0.2) is 11.6 Å². The lowest BCUT2D eigenvalue weighted by molar-refractivity contribution is 0.213. The van der Waals surface area contributed by atoms with E-state index in [4.69, 9.17) is 4.74 Å². The summed E-state index contributed by atoms with van der Waals surface area (Å²) in [6, 6.07) is 3.97. The van der Waals surface area contributed by atoms with Crippen LogP contribution in [-0.2, 0) is 0 Å². The second-order valence-corrected chi connectivity index (χ2v) is 3.58. The van der Waals surface area contributed by atoms with E-state index in [1.807, 2.05) is 26.1 Å². The van der Waals surface area contributed by atoms with E-state index in [1.54, 1.807) is 0 Å². The fraction of sp³-hybridized carbons (Fsp3) is 0.500. The number of hydrogen-bond donors (Lipinski definition) is 0. The third kappa shape index (κ3) is 1.46. The van der Waals surface area contributed by atoms with Gasteiger partial charge in [-0.3, -0.25) is 0 Å². The zero-order chi connectivity index (χ0) is 9.42. The van der Waals surface area contributed by atoms with Crippen LogP contribution < -0.4 is 9.64 Å². The van der Waals surface area contributed by atoms with Crippen molar-refractivity contribution >= 4 is 5.82 Å². The molecule has 2 rings (SSSR count). The Balaban J connectivity index is 2.43. The number of hydrogen-bond acceptors (Lipinski definition) is 3. The Bertz CT molecular complexity index is 325. The van der Waals surface area contributed by atoms with Crippen molar-refractivity contribution in [1.29, 1.82) is 0 Å². The first-order chi connectivity index (χ1) is 6.16. The highest BCUT2D eigenvalue weighted by atomic mass is 16.5. The first-order valence-corrected chi connectivity index (χ1v) is 4.52. The molecule has 0 saturated carbocycles. The molecule has 0 fully saturated rings. The highest BCUT2D eigenvalue weighted by molar-refractivity contribution is 5.54. The van der Waals surface area contributed by atoms with Crippen molar-refractivity contribution in [3.8, 4) is 5.75 Å². The molecule has 1 aromatic heterocycles. The lowest BCUT2D eigenvalue weighted by Crippen LogP contribution is -2.36. The molecule has 0 aliphatic carbocycles. The maximum absolute atomic E-state index is 5.65. The van der Waals surface area contributed by atoms with Crippen LogP contribution in [0.4, 0.5) is 5.82 Å². The summed E-state index contributed by atoms with van der Waals surface area (Å²) < 4.78 is 5.65. The van der Waals surface area contributed by atoms with Gasteiger partial charge in [0.05, 0.1) is 6.54 Å². The van der Waals surface area contributed by atoms with Gasteiger partial charge in [0.1, 0.15) is 6.10 Å². The van der Waals surface area contributed by atoms with Crippen molar-refractivity contribution in [3.05, 3.63) is 17.8 Å². The van der Waals surface area contributed by atoms with Crippen LogP contribution in [-0.4, -0.2) is 24.7 Å². The summed E-state index contributed by atoms with van der Waals surface area (Å²) in [5.74, 6) is 1.85. The van der Waals surface area contributed by atoms with E-state index in [9.17, 15) is 0 Å². The topological polar surface area (TPSA) is 25.4 Å². The van der Waals surface area contributed by atoms with Crippen molar-refractivity contribution in [2.45, 2.75) is 20.0 Å². The maximum atomic E-state index is 5.65. The molecule has 0 N–H and O–H groups in total. The van der Waals surface area contributed by atoms with Crippen LogP contribution in [0.3, 0.4) is 0 Å². The Morgan fingerprint density at radius 3 is 3.08 bits per heavy atom. The van der Waals surface area contributed by atoms with Crippen LogP contribution in [0, 0.1) is 6.92 Å². The fourth-order valence-electron chi connectivity index (χ4n) is 1.62. The summed E-state index contributed by atoms with van der Waals surface area (Å²) in [5, 5.41) is 0. The molecule has 1 atom stereocenters. The molecule has 0 bridgehead atoms. The number of aromatic nitrogens is 1. The molecule has 1 aliphatic heterocycles. The molecule has 70 valence electrons. The van der Waals surface area contributed by atoms with Gasteiger partial charge in [0, 0.05) is 12.7 Å². The number of fused-ring (bicyclic) bond motifs is 1. The van der Waals surface area contributed by atoms with E-state index < -0.39 is 0 Å². The van der Waals surface area contributed by atoms with Crippen LogP contribution in [0.1, 0.15) is 12.6 Å². The molecule has 0 aromatic carbocycles. The van der Waals surface area contributed by atoms with Gasteiger partial charge in [-0.05, 0) is 26.0 Å². The smallest absolute Gasteiger partial charge is 0.171 e. The summed E-state index contributed by atoms with van der Waals surface area (Å²) in [5.41, 5.74) is 1.03. The number of anilines is 1. The maximum Gasteiger partial charge on any atom is 0.171 e. The van der Waals surface area contributed by atoms with E-state index in [-0.39, 0.29) is 6.10 Å². The molecule has 0 amide bonds. The first-order valence-electron chi connectivity index (χ1n) is 4.52. The highest BCUT2D eigenvalue weighted by Gasteiger charge is 2.20. The average Bonchev–Trinajstić information content (AvgIpc) is 2.06. The van der Waals surface area contributed by atoms with Gasteiger partial charge in [-0.15, -0.1) is 0 Å². The molecule has 1 aromatic rings. The molecule has 2 heterocycles. The molecule has 0 radical (unpaired) electrons. The van der Waals surface area contributed by atoms with E-state index in [2.05, 4.69) is 16.8 Å². The second-order valence-electron chi connectivity index (χ2n) is 3.58. The van der Waals surface area contributed by atoms with Gasteiger partial charge in [-0.2, -0.15) is 0 Å². The molecule has 0 spiro atoms. The summed E-state index contributed by atoms with van der Waals surface area (Å²) in [7, 11) is 2.05. The number of pyridine rings is 1. The summed E-state index contributed by atoms with van der Waals surface area (Å²) in [6.07, 6.45) is 0.252. The normalized spacial score (nSPS) is 20.8. The third-order valence-corrected chi connectivity index (χ3v) is 2.20. The Labute approximate surface area is 78.3 Å². The quantitative estimate of drug-likeness (QED) is 0.603. The molecule has 13 heavy (non-hydrogen) atoms. The first kappa shape index (κ1) is 8.35. The number of aryl methyl sites for hydroxylation is 1. The number of rotatable bonds is 0. The minimum Gasteiger partial charge on any atom is -0.485 e. The molecular weight excluding hydrogens is 164 g/mol. The second kappa shape index (κ2) is 2.91. The van der Waals surface area contributed by atoms with E-state index >= 15 is 0 Å². The van der Waals surface area contributed by atoms with Gasteiger partial charge < -0.3 is 9.64 Å². The highest BCUT2D eigenvalue weighted by Crippen LogP contribution is 2.30. The molecular formula is C10H14N2O. The van der Waals surface area contributed by atoms with Crippen molar-refractivity contribution in [2.24, 2.45) is 0 Å². The Hall–Kier alpha value is -1.25. The molecule has 3 nitrogen and oxygen atoms in total. The van der Waals surface area contributed by atoms with Crippen LogP contribution >= 0.6 is 0 Å². The van der Waals surface area contributed by atoms with Gasteiger partial charge in [-0.1, -0.05) is 0 Å². The van der Waals surface area contributed by atoms with Crippen molar-refractivity contribution in [3.63, 3.8) is 0 Å². The molecule has 1 unspecified atom stereocenters.